The molecule has 4 rings (SSSR count). The second-order valence-corrected chi connectivity index (χ2v) is 7.77. The molecule has 1 amide bonds. The molecule has 2 N–H and O–H groups in total. The normalized spacial score (nSPS) is 17.6. The Balaban J connectivity index is 1.90. The second-order valence-electron chi connectivity index (χ2n) is 7.77. The molecule has 1 fully saturated rings. The van der Waals surface area contributed by atoms with Gasteiger partial charge in [0, 0.05) is 11.3 Å². The molecule has 1 atom stereocenters. The lowest BCUT2D eigenvalue weighted by Crippen LogP contribution is -2.29. The van der Waals surface area contributed by atoms with E-state index in [0.717, 1.165) is 29.2 Å². The molecule has 1 aliphatic heterocycles. The molecular weight excluding hydrogens is 463 g/mol. The summed E-state index contributed by atoms with van der Waals surface area (Å²) in [6.07, 6.45) is -4.58. The summed E-state index contributed by atoms with van der Waals surface area (Å²) >= 11 is 0. The van der Waals surface area contributed by atoms with E-state index >= 15 is 0 Å². The van der Waals surface area contributed by atoms with E-state index in [0.29, 0.717) is 12.4 Å². The lowest BCUT2D eigenvalue weighted by atomic mass is 9.95. The zero-order valence-corrected chi connectivity index (χ0v) is 18.4. The summed E-state index contributed by atoms with van der Waals surface area (Å²) in [5.74, 6) is -2.24. The van der Waals surface area contributed by atoms with Gasteiger partial charge in [0.25, 0.3) is 11.7 Å². The molecule has 0 aromatic heterocycles. The van der Waals surface area contributed by atoms with Crippen LogP contribution in [0, 0.1) is 0 Å². The van der Waals surface area contributed by atoms with Crippen molar-refractivity contribution in [3.05, 3.63) is 95.1 Å². The predicted octanol–water partition coefficient (Wildman–Crippen LogP) is 5.44. The number of benzene rings is 3. The minimum absolute atomic E-state index is 0.0237. The molecule has 1 heterocycles. The van der Waals surface area contributed by atoms with E-state index in [4.69, 9.17) is 4.74 Å². The first-order chi connectivity index (χ1) is 16.6. The summed E-state index contributed by atoms with van der Waals surface area (Å²) in [6, 6.07) is 14.6. The molecule has 3 aromatic rings. The number of carbonyl (C=O) groups is 2. The van der Waals surface area contributed by atoms with Crippen LogP contribution in [0.3, 0.4) is 0 Å². The number of rotatable bonds is 5. The van der Waals surface area contributed by atoms with Gasteiger partial charge in [-0.05, 0) is 61.0 Å². The van der Waals surface area contributed by atoms with E-state index in [1.54, 1.807) is 19.1 Å². The summed E-state index contributed by atoms with van der Waals surface area (Å²) in [4.78, 5) is 27.2. The fourth-order valence-corrected chi connectivity index (χ4v) is 3.98. The van der Waals surface area contributed by atoms with Gasteiger partial charge in [0.1, 0.15) is 17.3 Å². The number of hydrogen-bond acceptors (Lipinski definition) is 5. The highest BCUT2D eigenvalue weighted by molar-refractivity contribution is 6.51. The van der Waals surface area contributed by atoms with Gasteiger partial charge in [0.15, 0.2) is 0 Å². The van der Waals surface area contributed by atoms with Gasteiger partial charge in [0.05, 0.1) is 23.8 Å². The molecular formula is C26H20F3NO5. The molecule has 0 bridgehead atoms. The predicted molar refractivity (Wildman–Crippen MR) is 122 cm³/mol. The average molecular weight is 483 g/mol. The number of ketones is 1. The molecule has 0 aliphatic carbocycles. The average Bonchev–Trinajstić information content (AvgIpc) is 3.09. The fraction of sp³-hybridized carbons (Fsp3) is 0.154. The van der Waals surface area contributed by atoms with Crippen molar-refractivity contribution in [3.63, 3.8) is 0 Å². The third kappa shape index (κ3) is 4.57. The van der Waals surface area contributed by atoms with Crippen molar-refractivity contribution in [2.75, 3.05) is 11.5 Å². The Kier molecular flexibility index (Phi) is 6.26. The number of amides is 1. The quantitative estimate of drug-likeness (QED) is 0.287. The molecule has 1 saturated heterocycles. The second kappa shape index (κ2) is 9.17. The zero-order valence-electron chi connectivity index (χ0n) is 18.4. The number of alkyl halides is 3. The van der Waals surface area contributed by atoms with Crippen LogP contribution in [0.15, 0.2) is 78.4 Å². The lowest BCUT2D eigenvalue weighted by Gasteiger charge is -2.26. The Morgan fingerprint density at radius 2 is 1.69 bits per heavy atom. The van der Waals surface area contributed by atoms with Crippen LogP contribution in [0.5, 0.6) is 11.5 Å². The molecule has 1 unspecified atom stereocenters. The Bertz CT molecular complexity index is 1320. The van der Waals surface area contributed by atoms with E-state index in [2.05, 4.69) is 0 Å². The highest BCUT2D eigenvalue weighted by Crippen LogP contribution is 2.43. The number of ether oxygens (including phenoxy) is 1. The molecule has 180 valence electrons. The van der Waals surface area contributed by atoms with Crippen molar-refractivity contribution in [1.82, 2.24) is 0 Å². The summed E-state index contributed by atoms with van der Waals surface area (Å²) in [5, 5.41) is 21.1. The van der Waals surface area contributed by atoms with E-state index in [1.807, 2.05) is 0 Å². The SMILES string of the molecule is CCOc1cccc(/C(O)=C2\C(=O)C(=O)N(c3ccc(C(F)(F)F)cc3)C2c2cccc(O)c2)c1. The number of halogens is 3. The van der Waals surface area contributed by atoms with Gasteiger partial charge in [-0.2, -0.15) is 13.2 Å². The highest BCUT2D eigenvalue weighted by atomic mass is 19.4. The van der Waals surface area contributed by atoms with Crippen LogP contribution in [0.2, 0.25) is 0 Å². The standard InChI is InChI=1S/C26H20F3NO5/c1-2-35-20-8-4-6-16(14-20)23(32)21-22(15-5-3-7-19(31)13-15)30(25(34)24(21)33)18-11-9-17(10-12-18)26(27,28)29/h3-14,22,31-32H,2H2,1H3/b23-21+. The van der Waals surface area contributed by atoms with Crippen LogP contribution in [0.1, 0.15) is 29.7 Å². The monoisotopic (exact) mass is 483 g/mol. The number of phenols is 1. The van der Waals surface area contributed by atoms with E-state index in [9.17, 15) is 33.0 Å². The molecule has 0 spiro atoms. The maximum atomic E-state index is 13.1. The van der Waals surface area contributed by atoms with Gasteiger partial charge in [-0.3, -0.25) is 14.5 Å². The minimum Gasteiger partial charge on any atom is -0.508 e. The van der Waals surface area contributed by atoms with Gasteiger partial charge >= 0.3 is 6.18 Å². The summed E-state index contributed by atoms with van der Waals surface area (Å²) in [7, 11) is 0. The van der Waals surface area contributed by atoms with Crippen molar-refractivity contribution >= 4 is 23.1 Å². The zero-order chi connectivity index (χ0) is 25.3. The van der Waals surface area contributed by atoms with Gasteiger partial charge in [-0.25, -0.2) is 0 Å². The summed E-state index contributed by atoms with van der Waals surface area (Å²) in [6.45, 7) is 2.15. The number of nitrogens with zero attached hydrogens (tertiary/aromatic N) is 1. The van der Waals surface area contributed by atoms with Crippen LogP contribution >= 0.6 is 0 Å². The van der Waals surface area contributed by atoms with Crippen LogP contribution in [0.4, 0.5) is 18.9 Å². The fourth-order valence-electron chi connectivity index (χ4n) is 3.98. The number of hydrogen-bond donors (Lipinski definition) is 2. The molecule has 6 nitrogen and oxygen atoms in total. The highest BCUT2D eigenvalue weighted by Gasteiger charge is 2.47. The van der Waals surface area contributed by atoms with Crippen LogP contribution in [0.25, 0.3) is 5.76 Å². The Labute approximate surface area is 198 Å². The van der Waals surface area contributed by atoms with Gasteiger partial charge in [0.2, 0.25) is 0 Å². The minimum atomic E-state index is -4.58. The van der Waals surface area contributed by atoms with Crippen molar-refractivity contribution in [2.24, 2.45) is 0 Å². The number of aliphatic hydroxyl groups is 1. The number of phenolic OH excluding ortho intramolecular Hbond substituents is 1. The molecule has 35 heavy (non-hydrogen) atoms. The first kappa shape index (κ1) is 23.9. The molecule has 3 aromatic carbocycles. The van der Waals surface area contributed by atoms with Crippen molar-refractivity contribution in [3.8, 4) is 11.5 Å². The molecule has 9 heteroatoms. The smallest absolute Gasteiger partial charge is 0.416 e. The van der Waals surface area contributed by atoms with E-state index < -0.39 is 35.2 Å². The molecule has 0 saturated carbocycles. The van der Waals surface area contributed by atoms with E-state index in [-0.39, 0.29) is 28.1 Å². The van der Waals surface area contributed by atoms with Crippen molar-refractivity contribution < 1.29 is 37.7 Å². The van der Waals surface area contributed by atoms with Crippen LogP contribution in [-0.2, 0) is 15.8 Å². The van der Waals surface area contributed by atoms with Gasteiger partial charge < -0.3 is 14.9 Å². The summed E-state index contributed by atoms with van der Waals surface area (Å²) in [5.41, 5.74) is -0.665. The van der Waals surface area contributed by atoms with E-state index in [1.165, 1.54) is 36.4 Å². The number of aliphatic hydroxyl groups excluding tert-OH is 1. The summed E-state index contributed by atoms with van der Waals surface area (Å²) < 4.78 is 44.6. The van der Waals surface area contributed by atoms with Crippen LogP contribution < -0.4 is 9.64 Å². The number of anilines is 1. The Hall–Kier alpha value is -4.27. The number of carbonyl (C=O) groups excluding carboxylic acids is 2. The third-order valence-electron chi connectivity index (χ3n) is 5.52. The van der Waals surface area contributed by atoms with Crippen molar-refractivity contribution in [2.45, 2.75) is 19.1 Å². The maximum Gasteiger partial charge on any atom is 0.416 e. The Morgan fingerprint density at radius 3 is 2.31 bits per heavy atom. The first-order valence-electron chi connectivity index (χ1n) is 10.6. The molecule has 1 aliphatic rings. The van der Waals surface area contributed by atoms with Crippen molar-refractivity contribution in [1.29, 1.82) is 0 Å². The topological polar surface area (TPSA) is 87.1 Å². The number of aromatic hydroxyl groups is 1. The number of Topliss-reactive ketones (excluding diaryl/α,β-unsaturated/α-hetero) is 1. The largest absolute Gasteiger partial charge is 0.508 e. The molecule has 0 radical (unpaired) electrons. The lowest BCUT2D eigenvalue weighted by molar-refractivity contribution is -0.137. The van der Waals surface area contributed by atoms with Gasteiger partial charge in [-0.15, -0.1) is 0 Å². The maximum absolute atomic E-state index is 13.1. The Morgan fingerprint density at radius 1 is 1.00 bits per heavy atom. The third-order valence-corrected chi connectivity index (χ3v) is 5.52. The van der Waals surface area contributed by atoms with Gasteiger partial charge in [-0.1, -0.05) is 24.3 Å². The van der Waals surface area contributed by atoms with Crippen LogP contribution in [-0.4, -0.2) is 28.5 Å². The first-order valence-corrected chi connectivity index (χ1v) is 10.6.